The summed E-state index contributed by atoms with van der Waals surface area (Å²) in [7, 11) is -4.02. The summed E-state index contributed by atoms with van der Waals surface area (Å²) in [6.07, 6.45) is -2.57. The van der Waals surface area contributed by atoms with Gasteiger partial charge in [-0.2, -0.15) is 0 Å². The predicted octanol–water partition coefficient (Wildman–Crippen LogP) is 6.48. The van der Waals surface area contributed by atoms with Gasteiger partial charge in [0.05, 0.1) is 6.61 Å². The van der Waals surface area contributed by atoms with Gasteiger partial charge in [0.1, 0.15) is 35.1 Å². The zero-order valence-electron chi connectivity index (χ0n) is 25.2. The molecule has 0 saturated carbocycles. The number of benzene rings is 2. The van der Waals surface area contributed by atoms with Crippen LogP contribution in [0.2, 0.25) is 39.3 Å². The molecule has 0 N–H and O–H groups in total. The van der Waals surface area contributed by atoms with Crippen molar-refractivity contribution in [1.82, 2.24) is 0 Å². The van der Waals surface area contributed by atoms with Crippen molar-refractivity contribution in [3.63, 3.8) is 0 Å². The second-order valence-electron chi connectivity index (χ2n) is 13.1. The first-order chi connectivity index (χ1) is 19.2. The van der Waals surface area contributed by atoms with E-state index in [1.165, 1.54) is 0 Å². The van der Waals surface area contributed by atoms with Crippen molar-refractivity contribution >= 4 is 34.4 Å². The molecule has 3 aliphatic rings. The molecule has 41 heavy (non-hydrogen) atoms. The molecule has 6 atom stereocenters. The van der Waals surface area contributed by atoms with Gasteiger partial charge in [0.2, 0.25) is 0 Å². The largest absolute Gasteiger partial charge is 0.463 e. The lowest BCUT2D eigenvalue weighted by Gasteiger charge is -2.50. The van der Waals surface area contributed by atoms with Crippen LogP contribution in [-0.4, -0.2) is 64.8 Å². The van der Waals surface area contributed by atoms with Crippen LogP contribution in [0.5, 0.6) is 5.75 Å². The number of esters is 1. The van der Waals surface area contributed by atoms with E-state index in [1.54, 1.807) is 17.8 Å². The molecule has 5 rings (SSSR count). The lowest BCUT2D eigenvalue weighted by Crippen LogP contribution is -2.64. The average Bonchev–Trinajstić information content (AvgIpc) is 2.86. The number of fused-ring (bicyclic) bond motifs is 3. The van der Waals surface area contributed by atoms with Gasteiger partial charge in [-0.25, -0.2) is 4.79 Å². The molecule has 0 amide bonds. The van der Waals surface area contributed by atoms with Crippen molar-refractivity contribution in [1.29, 1.82) is 0 Å². The van der Waals surface area contributed by atoms with Crippen LogP contribution < -0.4 is 4.74 Å². The minimum Gasteiger partial charge on any atom is -0.463 e. The van der Waals surface area contributed by atoms with Crippen molar-refractivity contribution in [2.75, 3.05) is 6.61 Å². The third-order valence-electron chi connectivity index (χ3n) is 6.72. The zero-order chi connectivity index (χ0) is 29.6. The molecule has 3 heterocycles. The van der Waals surface area contributed by atoms with Crippen LogP contribution in [0.25, 0.3) is 0 Å². The Morgan fingerprint density at radius 1 is 0.902 bits per heavy atom. The quantitative estimate of drug-likeness (QED) is 0.197. The summed E-state index contributed by atoms with van der Waals surface area (Å²) >= 11 is 1.59. The third kappa shape index (κ3) is 7.45. The Kier molecular flexibility index (Phi) is 8.82. The number of hydrogen-bond acceptors (Lipinski definition) is 9. The second kappa shape index (κ2) is 11.8. The minimum absolute atomic E-state index is 0.350. The molecular weight excluding hydrogens is 577 g/mol. The number of carbonyl (C=O) groups is 1. The summed E-state index contributed by atoms with van der Waals surface area (Å²) in [5, 5.41) is 0. The maximum absolute atomic E-state index is 14.0. The molecule has 0 aromatic heterocycles. The Hall–Kier alpha value is -1.71. The number of rotatable bonds is 7. The Labute approximate surface area is 249 Å². The highest BCUT2D eigenvalue weighted by Gasteiger charge is 2.54. The second-order valence-corrected chi connectivity index (χ2v) is 23.1. The van der Waals surface area contributed by atoms with Crippen molar-refractivity contribution in [3.05, 3.63) is 65.2 Å². The molecule has 2 aromatic carbocycles. The molecule has 224 valence electrons. The Morgan fingerprint density at radius 2 is 1.63 bits per heavy atom. The third-order valence-corrected chi connectivity index (χ3v) is 9.98. The fourth-order valence-electron chi connectivity index (χ4n) is 5.52. The molecule has 8 nitrogen and oxygen atoms in total. The minimum atomic E-state index is -2.10. The maximum Gasteiger partial charge on any atom is 0.342 e. The normalized spacial score (nSPS) is 28.8. The maximum atomic E-state index is 14.0. The topological polar surface area (TPSA) is 81.7 Å². The van der Waals surface area contributed by atoms with E-state index in [-0.39, 0.29) is 6.10 Å². The molecule has 0 unspecified atom stereocenters. The lowest BCUT2D eigenvalue weighted by molar-refractivity contribution is -0.315. The molecule has 3 aliphatic heterocycles. The summed E-state index contributed by atoms with van der Waals surface area (Å²) in [4.78, 5) is 14.0. The molecule has 0 aliphatic carbocycles. The molecular formula is C30H42O8SSi2. The standard InChI is InChI=1S/C30H42O8SSi2/c1-30(2,38-41(6,7)8)36-21-16-12-15-20-18-39-29-26(34-27(31)23(20)21)25(37-40(3,4)5)24-22(33-29)17-32-28(35-24)19-13-10-9-11-14-19/h9-16,22,24-26,28-29H,17-18H2,1-8H3/t22-,24-,25+,26-,28-,29+/m1/s1. The van der Waals surface area contributed by atoms with Gasteiger partial charge in [-0.05, 0) is 64.8 Å². The van der Waals surface area contributed by atoms with E-state index in [2.05, 4.69) is 39.3 Å². The first kappa shape index (κ1) is 30.7. The van der Waals surface area contributed by atoms with E-state index in [1.807, 2.05) is 56.3 Å². The predicted molar refractivity (Wildman–Crippen MR) is 163 cm³/mol. The van der Waals surface area contributed by atoms with Crippen LogP contribution in [0.3, 0.4) is 0 Å². The number of ether oxygens (including phenoxy) is 5. The first-order valence-corrected chi connectivity index (χ1v) is 22.0. The Morgan fingerprint density at radius 3 is 2.32 bits per heavy atom. The van der Waals surface area contributed by atoms with Gasteiger partial charge in [0.15, 0.2) is 34.8 Å². The SMILES string of the molecule is CC(C)(Oc1cccc2c1C(=O)O[C@@H]1[C@@H](O[Si](C)(C)C)[C@@H]3O[C@H](c4ccccc4)OC[C@H]3O[C@H]1SC2)O[Si](C)(C)C. The van der Waals surface area contributed by atoms with E-state index < -0.39 is 58.4 Å². The average molecular weight is 619 g/mol. The molecule has 2 aromatic rings. The summed E-state index contributed by atoms with van der Waals surface area (Å²) in [5.74, 6) is -0.389. The molecule has 2 fully saturated rings. The van der Waals surface area contributed by atoms with Gasteiger partial charge in [0, 0.05) is 11.3 Å². The van der Waals surface area contributed by atoms with Crippen molar-refractivity contribution in [2.45, 2.75) is 101 Å². The van der Waals surface area contributed by atoms with Gasteiger partial charge in [-0.3, -0.25) is 0 Å². The fourth-order valence-corrected chi connectivity index (χ4v) is 9.33. The summed E-state index contributed by atoms with van der Waals surface area (Å²) in [6, 6.07) is 15.5. The molecule has 11 heteroatoms. The van der Waals surface area contributed by atoms with Gasteiger partial charge in [0.25, 0.3) is 0 Å². The van der Waals surface area contributed by atoms with E-state index >= 15 is 0 Å². The number of carbonyl (C=O) groups excluding carboxylic acids is 1. The smallest absolute Gasteiger partial charge is 0.342 e. The summed E-state index contributed by atoms with van der Waals surface area (Å²) in [6.45, 7) is 16.8. The molecule has 0 bridgehead atoms. The Balaban J connectivity index is 1.45. The van der Waals surface area contributed by atoms with E-state index in [0.717, 1.165) is 11.1 Å². The monoisotopic (exact) mass is 618 g/mol. The Bertz CT molecular complexity index is 1230. The van der Waals surface area contributed by atoms with Gasteiger partial charge in [-0.15, -0.1) is 11.8 Å². The molecule has 2 saturated heterocycles. The van der Waals surface area contributed by atoms with Crippen LogP contribution in [0.4, 0.5) is 0 Å². The van der Waals surface area contributed by atoms with Crippen molar-refractivity contribution in [3.8, 4) is 5.75 Å². The molecule has 0 spiro atoms. The van der Waals surface area contributed by atoms with Crippen molar-refractivity contribution < 1.29 is 37.3 Å². The lowest BCUT2D eigenvalue weighted by atomic mass is 9.98. The van der Waals surface area contributed by atoms with Crippen LogP contribution >= 0.6 is 11.8 Å². The van der Waals surface area contributed by atoms with Gasteiger partial charge in [-0.1, -0.05) is 42.5 Å². The highest BCUT2D eigenvalue weighted by Crippen LogP contribution is 2.43. The number of thioether (sulfide) groups is 1. The number of hydrogen-bond donors (Lipinski definition) is 0. The van der Waals surface area contributed by atoms with Gasteiger partial charge >= 0.3 is 5.97 Å². The van der Waals surface area contributed by atoms with E-state index in [4.69, 9.17) is 32.5 Å². The van der Waals surface area contributed by atoms with Crippen LogP contribution in [0, 0.1) is 0 Å². The highest BCUT2D eigenvalue weighted by molar-refractivity contribution is 7.99. The van der Waals surface area contributed by atoms with E-state index in [9.17, 15) is 4.79 Å². The highest BCUT2D eigenvalue weighted by atomic mass is 32.2. The van der Waals surface area contributed by atoms with Crippen LogP contribution in [0.15, 0.2) is 48.5 Å². The van der Waals surface area contributed by atoms with E-state index in [0.29, 0.717) is 23.7 Å². The first-order valence-electron chi connectivity index (χ1n) is 14.2. The summed E-state index contributed by atoms with van der Waals surface area (Å²) < 4.78 is 44.8. The molecule has 0 radical (unpaired) electrons. The summed E-state index contributed by atoms with van der Waals surface area (Å²) in [5.41, 5.74) is 1.72. The fraction of sp³-hybridized carbons (Fsp3) is 0.567. The van der Waals surface area contributed by atoms with Crippen LogP contribution in [-0.2, 0) is 33.6 Å². The van der Waals surface area contributed by atoms with Gasteiger partial charge < -0.3 is 32.5 Å². The zero-order valence-corrected chi connectivity index (χ0v) is 28.0. The van der Waals surface area contributed by atoms with Crippen molar-refractivity contribution in [2.24, 2.45) is 0 Å². The van der Waals surface area contributed by atoms with Crippen LogP contribution in [0.1, 0.15) is 41.6 Å².